The Balaban J connectivity index is 2.78. The molecule has 4 heteroatoms. The maximum Gasteiger partial charge on any atom is 0.151 e. The van der Waals surface area contributed by atoms with Gasteiger partial charge in [-0.05, 0) is 12.3 Å². The van der Waals surface area contributed by atoms with Gasteiger partial charge in [0, 0.05) is 21.2 Å². The van der Waals surface area contributed by atoms with Gasteiger partial charge in [0.1, 0.15) is 0 Å². The molecule has 0 aliphatic heterocycles. The minimum atomic E-state index is 0.726. The highest BCUT2D eigenvalue weighted by atomic mass is 32.2. The van der Waals surface area contributed by atoms with E-state index in [-0.39, 0.29) is 0 Å². The third kappa shape index (κ3) is 1.31. The molecule has 14 heavy (non-hydrogen) atoms. The van der Waals surface area contributed by atoms with E-state index in [1.54, 1.807) is 11.8 Å². The number of aldehydes is 1. The molecule has 0 bridgehead atoms. The van der Waals surface area contributed by atoms with Crippen LogP contribution in [0.5, 0.6) is 0 Å². The van der Waals surface area contributed by atoms with Gasteiger partial charge >= 0.3 is 0 Å². The van der Waals surface area contributed by atoms with E-state index >= 15 is 0 Å². The van der Waals surface area contributed by atoms with E-state index in [9.17, 15) is 4.79 Å². The zero-order valence-electron chi connectivity index (χ0n) is 7.61. The van der Waals surface area contributed by atoms with Gasteiger partial charge in [0.25, 0.3) is 0 Å². The van der Waals surface area contributed by atoms with Crippen molar-refractivity contribution in [1.29, 1.82) is 0 Å². The number of nitrogens with two attached hydrogens (primary N) is 1. The van der Waals surface area contributed by atoms with Crippen molar-refractivity contribution in [2.45, 2.75) is 4.90 Å². The quantitative estimate of drug-likeness (QED) is 0.483. The third-order valence-electron chi connectivity index (χ3n) is 2.12. The Morgan fingerprint density at radius 3 is 2.93 bits per heavy atom. The molecule has 2 nitrogen and oxygen atoms in total. The molecule has 2 N–H and O–H groups in total. The molecule has 1 aromatic carbocycles. The number of fused-ring (bicyclic) bond motifs is 1. The number of nitrogen functional groups attached to an aromatic ring is 1. The molecule has 0 radical (unpaired) electrons. The SMILES string of the molecule is CSc1ccc2c(C=O)csc2c1N. The summed E-state index contributed by atoms with van der Waals surface area (Å²) in [5, 5.41) is 2.80. The van der Waals surface area contributed by atoms with Gasteiger partial charge in [0.2, 0.25) is 0 Å². The Morgan fingerprint density at radius 1 is 1.50 bits per heavy atom. The highest BCUT2D eigenvalue weighted by Gasteiger charge is 2.08. The second kappa shape index (κ2) is 3.63. The summed E-state index contributed by atoms with van der Waals surface area (Å²) in [5.74, 6) is 0. The minimum Gasteiger partial charge on any atom is -0.397 e. The van der Waals surface area contributed by atoms with Crippen LogP contribution < -0.4 is 5.73 Å². The molecule has 1 heterocycles. The molecule has 0 aliphatic rings. The number of carbonyl (C=O) groups is 1. The fraction of sp³-hybridized carbons (Fsp3) is 0.100. The number of benzene rings is 1. The molecule has 72 valence electrons. The Hall–Kier alpha value is -1.00. The van der Waals surface area contributed by atoms with Crippen molar-refractivity contribution in [3.8, 4) is 0 Å². The first-order valence-electron chi connectivity index (χ1n) is 4.06. The summed E-state index contributed by atoms with van der Waals surface area (Å²) in [6.07, 6.45) is 2.86. The molecule has 0 aliphatic carbocycles. The van der Waals surface area contributed by atoms with Crippen molar-refractivity contribution in [3.05, 3.63) is 23.1 Å². The Kier molecular flexibility index (Phi) is 2.48. The van der Waals surface area contributed by atoms with E-state index in [2.05, 4.69) is 0 Å². The highest BCUT2D eigenvalue weighted by molar-refractivity contribution is 7.98. The lowest BCUT2D eigenvalue weighted by molar-refractivity contribution is 0.112. The predicted octanol–water partition coefficient (Wildman–Crippen LogP) is 3.02. The third-order valence-corrected chi connectivity index (χ3v) is 3.96. The smallest absolute Gasteiger partial charge is 0.151 e. The molecular weight excluding hydrogens is 214 g/mol. The van der Waals surface area contributed by atoms with Gasteiger partial charge in [-0.15, -0.1) is 23.1 Å². The largest absolute Gasteiger partial charge is 0.397 e. The fourth-order valence-corrected chi connectivity index (χ4v) is 2.96. The average molecular weight is 223 g/mol. The van der Waals surface area contributed by atoms with Crippen LogP contribution in [0, 0.1) is 0 Å². The van der Waals surface area contributed by atoms with E-state index in [0.29, 0.717) is 0 Å². The van der Waals surface area contributed by atoms with Crippen LogP contribution in [0.25, 0.3) is 10.1 Å². The first-order chi connectivity index (χ1) is 6.77. The lowest BCUT2D eigenvalue weighted by Crippen LogP contribution is -1.88. The normalized spacial score (nSPS) is 10.6. The predicted molar refractivity (Wildman–Crippen MR) is 63.4 cm³/mol. The Morgan fingerprint density at radius 2 is 2.29 bits per heavy atom. The summed E-state index contributed by atoms with van der Waals surface area (Å²) in [4.78, 5) is 11.8. The lowest BCUT2D eigenvalue weighted by atomic mass is 10.2. The van der Waals surface area contributed by atoms with Crippen LogP contribution in [0.3, 0.4) is 0 Å². The molecule has 0 saturated carbocycles. The van der Waals surface area contributed by atoms with Crippen LogP contribution in [0.15, 0.2) is 22.4 Å². The van der Waals surface area contributed by atoms with Gasteiger partial charge in [-0.3, -0.25) is 4.79 Å². The Bertz CT molecular complexity index is 490. The first kappa shape index (κ1) is 9.55. The number of carbonyl (C=O) groups excluding carboxylic acids is 1. The maximum absolute atomic E-state index is 10.7. The van der Waals surface area contributed by atoms with E-state index in [0.717, 1.165) is 32.5 Å². The molecule has 1 aromatic heterocycles. The van der Waals surface area contributed by atoms with Crippen LogP contribution in [-0.4, -0.2) is 12.5 Å². The lowest BCUT2D eigenvalue weighted by Gasteiger charge is -2.02. The van der Waals surface area contributed by atoms with Crippen molar-refractivity contribution in [3.63, 3.8) is 0 Å². The van der Waals surface area contributed by atoms with Gasteiger partial charge in [-0.2, -0.15) is 0 Å². The molecular formula is C10H9NOS2. The first-order valence-corrected chi connectivity index (χ1v) is 6.17. The highest BCUT2D eigenvalue weighted by Crippen LogP contribution is 2.35. The van der Waals surface area contributed by atoms with E-state index < -0.39 is 0 Å². The Labute approximate surface area is 90.1 Å². The second-order valence-corrected chi connectivity index (χ2v) is 4.59. The van der Waals surface area contributed by atoms with Crippen LogP contribution in [0.2, 0.25) is 0 Å². The number of thiophene rings is 1. The van der Waals surface area contributed by atoms with Crippen LogP contribution >= 0.6 is 23.1 Å². The zero-order valence-corrected chi connectivity index (χ0v) is 9.24. The zero-order chi connectivity index (χ0) is 10.1. The van der Waals surface area contributed by atoms with E-state index in [4.69, 9.17) is 5.73 Å². The van der Waals surface area contributed by atoms with Crippen LogP contribution in [-0.2, 0) is 0 Å². The number of hydrogen-bond acceptors (Lipinski definition) is 4. The van der Waals surface area contributed by atoms with Crippen molar-refractivity contribution in [1.82, 2.24) is 0 Å². The van der Waals surface area contributed by atoms with Gasteiger partial charge < -0.3 is 5.73 Å². The van der Waals surface area contributed by atoms with Crippen molar-refractivity contribution < 1.29 is 4.79 Å². The summed E-state index contributed by atoms with van der Waals surface area (Å²) in [5.41, 5.74) is 7.48. The monoisotopic (exact) mass is 223 g/mol. The van der Waals surface area contributed by atoms with Gasteiger partial charge in [0.15, 0.2) is 6.29 Å². The summed E-state index contributed by atoms with van der Waals surface area (Å²) in [6.45, 7) is 0. The van der Waals surface area contributed by atoms with E-state index in [1.165, 1.54) is 11.3 Å². The molecule has 0 saturated heterocycles. The number of thioether (sulfide) groups is 1. The van der Waals surface area contributed by atoms with Crippen molar-refractivity contribution in [2.24, 2.45) is 0 Å². The molecule has 2 rings (SSSR count). The van der Waals surface area contributed by atoms with Gasteiger partial charge in [-0.1, -0.05) is 6.07 Å². The van der Waals surface area contributed by atoms with Gasteiger partial charge in [-0.25, -0.2) is 0 Å². The number of anilines is 1. The summed E-state index contributed by atoms with van der Waals surface area (Å²) in [6, 6.07) is 3.92. The number of hydrogen-bond donors (Lipinski definition) is 1. The topological polar surface area (TPSA) is 43.1 Å². The molecule has 0 amide bonds. The fourth-order valence-electron chi connectivity index (χ4n) is 1.39. The molecule has 0 atom stereocenters. The molecule has 0 fully saturated rings. The van der Waals surface area contributed by atoms with E-state index in [1.807, 2.05) is 23.8 Å². The summed E-state index contributed by atoms with van der Waals surface area (Å²) >= 11 is 3.15. The standard InChI is InChI=1S/C10H9NOS2/c1-13-8-3-2-7-6(4-12)5-14-10(7)9(8)11/h2-5H,11H2,1H3. The van der Waals surface area contributed by atoms with Crippen LogP contribution in [0.1, 0.15) is 10.4 Å². The second-order valence-electron chi connectivity index (χ2n) is 2.87. The van der Waals surface area contributed by atoms with Crippen LogP contribution in [0.4, 0.5) is 5.69 Å². The van der Waals surface area contributed by atoms with Gasteiger partial charge in [0.05, 0.1) is 10.4 Å². The summed E-state index contributed by atoms with van der Waals surface area (Å²) < 4.78 is 1.01. The molecule has 0 spiro atoms. The minimum absolute atomic E-state index is 0.726. The number of rotatable bonds is 2. The molecule has 2 aromatic rings. The summed E-state index contributed by atoms with van der Waals surface area (Å²) in [7, 11) is 0. The van der Waals surface area contributed by atoms with Crippen molar-refractivity contribution >= 4 is 45.2 Å². The molecule has 0 unspecified atom stereocenters. The maximum atomic E-state index is 10.7. The van der Waals surface area contributed by atoms with Crippen molar-refractivity contribution in [2.75, 3.05) is 12.0 Å². The average Bonchev–Trinajstić information content (AvgIpc) is 2.62.